The van der Waals surface area contributed by atoms with Crippen LogP contribution in [-0.4, -0.2) is 23.5 Å². The molecule has 1 amide bonds. The van der Waals surface area contributed by atoms with Gasteiger partial charge >= 0.3 is 6.18 Å². The van der Waals surface area contributed by atoms with Crippen LogP contribution in [0.25, 0.3) is 0 Å². The van der Waals surface area contributed by atoms with Crippen LogP contribution in [0.1, 0.15) is 29.7 Å². The average Bonchev–Trinajstić information content (AvgIpc) is 3.13. The Bertz CT molecular complexity index is 999. The third-order valence-electron chi connectivity index (χ3n) is 4.56. The number of hydrogen-bond acceptors (Lipinski definition) is 4. The molecule has 0 saturated carbocycles. The molecule has 1 N–H and O–H groups in total. The molecule has 1 fully saturated rings. The van der Waals surface area contributed by atoms with Gasteiger partial charge in [0, 0.05) is 24.0 Å². The number of anilines is 2. The first-order valence-corrected chi connectivity index (χ1v) is 8.63. The zero-order chi connectivity index (χ0) is 21.3. The van der Waals surface area contributed by atoms with Crippen molar-refractivity contribution in [1.82, 2.24) is 4.98 Å². The summed E-state index contributed by atoms with van der Waals surface area (Å²) in [5, 5.41) is 11.8. The van der Waals surface area contributed by atoms with Crippen LogP contribution in [0.15, 0.2) is 24.3 Å². The Morgan fingerprint density at radius 1 is 1.28 bits per heavy atom. The second kappa shape index (κ2) is 7.66. The van der Waals surface area contributed by atoms with Crippen molar-refractivity contribution >= 4 is 17.4 Å². The van der Waals surface area contributed by atoms with E-state index in [2.05, 4.69) is 10.3 Å². The fourth-order valence-electron chi connectivity index (χ4n) is 3.29. The normalized spacial score (nSPS) is 16.6. The summed E-state index contributed by atoms with van der Waals surface area (Å²) in [6.45, 7) is 1.59. The van der Waals surface area contributed by atoms with Gasteiger partial charge in [0.15, 0.2) is 11.6 Å². The predicted molar refractivity (Wildman–Crippen MR) is 94.0 cm³/mol. The maximum absolute atomic E-state index is 13.4. The van der Waals surface area contributed by atoms with Crippen LogP contribution in [0.2, 0.25) is 0 Å². The van der Waals surface area contributed by atoms with E-state index >= 15 is 0 Å². The van der Waals surface area contributed by atoms with Gasteiger partial charge in [0.05, 0.1) is 5.56 Å². The van der Waals surface area contributed by atoms with E-state index in [1.54, 1.807) is 6.07 Å². The summed E-state index contributed by atoms with van der Waals surface area (Å²) in [7, 11) is 0. The number of rotatable bonds is 3. The number of nitrogens with zero attached hydrogens (tertiary/aromatic N) is 3. The van der Waals surface area contributed by atoms with Gasteiger partial charge in [-0.15, -0.1) is 0 Å². The summed E-state index contributed by atoms with van der Waals surface area (Å²) < 4.78 is 66.5. The lowest BCUT2D eigenvalue weighted by molar-refractivity contribution is -0.137. The summed E-state index contributed by atoms with van der Waals surface area (Å²) >= 11 is 0. The van der Waals surface area contributed by atoms with Crippen molar-refractivity contribution in [3.05, 3.63) is 52.7 Å². The van der Waals surface area contributed by atoms with E-state index in [0.717, 1.165) is 18.2 Å². The number of hydrogen-bond donors (Lipinski definition) is 1. The van der Waals surface area contributed by atoms with E-state index in [1.165, 1.54) is 17.9 Å². The SMILES string of the molecule is Cc1cc(C(F)(F)F)c(C#N)c(N2CCC[C@H]2C(=O)Nc2ccc(F)c(F)c2)n1. The Morgan fingerprint density at radius 2 is 2.00 bits per heavy atom. The van der Waals surface area contributed by atoms with E-state index in [0.29, 0.717) is 12.8 Å². The van der Waals surface area contributed by atoms with Crippen LogP contribution in [0.5, 0.6) is 0 Å². The molecule has 0 aliphatic carbocycles. The van der Waals surface area contributed by atoms with Gasteiger partial charge in [-0.2, -0.15) is 18.4 Å². The molecule has 0 spiro atoms. The molecule has 2 aromatic rings. The maximum Gasteiger partial charge on any atom is 0.417 e. The lowest BCUT2D eigenvalue weighted by atomic mass is 10.1. The molecule has 1 atom stereocenters. The molecule has 0 unspecified atom stereocenters. The van der Waals surface area contributed by atoms with Gasteiger partial charge in [0.25, 0.3) is 0 Å². The Balaban J connectivity index is 1.95. The van der Waals surface area contributed by atoms with Crippen molar-refractivity contribution in [2.45, 2.75) is 32.0 Å². The van der Waals surface area contributed by atoms with E-state index in [1.807, 2.05) is 0 Å². The molecule has 152 valence electrons. The molecule has 1 aliphatic rings. The fraction of sp³-hybridized carbons (Fsp3) is 0.316. The molecular formula is C19H15F5N4O. The fourth-order valence-corrected chi connectivity index (χ4v) is 3.29. The van der Waals surface area contributed by atoms with Gasteiger partial charge in [0.2, 0.25) is 5.91 Å². The minimum absolute atomic E-state index is 0.00874. The molecule has 2 heterocycles. The molecule has 0 bridgehead atoms. The van der Waals surface area contributed by atoms with Crippen LogP contribution >= 0.6 is 0 Å². The monoisotopic (exact) mass is 410 g/mol. The van der Waals surface area contributed by atoms with Crippen LogP contribution in [0.4, 0.5) is 33.5 Å². The molecule has 29 heavy (non-hydrogen) atoms. The van der Waals surface area contributed by atoms with E-state index in [-0.39, 0.29) is 23.7 Å². The highest BCUT2D eigenvalue weighted by Crippen LogP contribution is 2.37. The summed E-state index contributed by atoms with van der Waals surface area (Å²) in [5.41, 5.74) is -1.71. The third-order valence-corrected chi connectivity index (χ3v) is 4.56. The molecule has 1 aromatic carbocycles. The smallest absolute Gasteiger partial charge is 0.343 e. The Labute approximate surface area is 162 Å². The van der Waals surface area contributed by atoms with Crippen LogP contribution in [0, 0.1) is 29.9 Å². The Morgan fingerprint density at radius 3 is 2.62 bits per heavy atom. The van der Waals surface area contributed by atoms with Gasteiger partial charge in [-0.3, -0.25) is 4.79 Å². The van der Waals surface area contributed by atoms with E-state index in [9.17, 15) is 32.0 Å². The number of alkyl halides is 3. The molecule has 5 nitrogen and oxygen atoms in total. The third kappa shape index (κ3) is 4.13. The molecule has 1 saturated heterocycles. The van der Waals surface area contributed by atoms with E-state index in [4.69, 9.17) is 0 Å². The topological polar surface area (TPSA) is 69.0 Å². The number of nitrogens with one attached hydrogen (secondary N) is 1. The first-order chi connectivity index (χ1) is 13.6. The first kappa shape index (κ1) is 20.5. The van der Waals surface area contributed by atoms with Crippen LogP contribution in [0.3, 0.4) is 0 Å². The number of carbonyl (C=O) groups is 1. The number of nitriles is 1. The summed E-state index contributed by atoms with van der Waals surface area (Å²) in [6, 6.07) is 4.25. The van der Waals surface area contributed by atoms with Crippen LogP contribution in [-0.2, 0) is 11.0 Å². The molecule has 3 rings (SSSR count). The number of aryl methyl sites for hydroxylation is 1. The van der Waals surface area contributed by atoms with Crippen molar-refractivity contribution < 1.29 is 26.7 Å². The lowest BCUT2D eigenvalue weighted by Crippen LogP contribution is -2.41. The standard InChI is InChI=1S/C19H15F5N4O/c1-10-7-13(19(22,23)24)12(9-25)17(26-10)28-6-2-3-16(28)18(29)27-11-4-5-14(20)15(21)8-11/h4-5,7-8,16H,2-3,6H2,1H3,(H,27,29)/t16-/m0/s1. The van der Waals surface area contributed by atoms with Gasteiger partial charge < -0.3 is 10.2 Å². The van der Waals surface area contributed by atoms with Crippen LogP contribution < -0.4 is 10.2 Å². The minimum atomic E-state index is -4.75. The van der Waals surface area contributed by atoms with E-state index < -0.39 is 40.9 Å². The Kier molecular flexibility index (Phi) is 5.42. The molecular weight excluding hydrogens is 395 g/mol. The van der Waals surface area contributed by atoms with Crippen molar-refractivity contribution in [2.75, 3.05) is 16.8 Å². The maximum atomic E-state index is 13.4. The Hall–Kier alpha value is -3.22. The highest BCUT2D eigenvalue weighted by Gasteiger charge is 2.39. The van der Waals surface area contributed by atoms with Gasteiger partial charge in [-0.1, -0.05) is 0 Å². The minimum Gasteiger partial charge on any atom is -0.343 e. The van der Waals surface area contributed by atoms with Crippen molar-refractivity contribution in [3.8, 4) is 6.07 Å². The van der Waals surface area contributed by atoms with Gasteiger partial charge in [0.1, 0.15) is 23.5 Å². The second-order valence-electron chi connectivity index (χ2n) is 6.59. The number of carbonyl (C=O) groups excluding carboxylic acids is 1. The van der Waals surface area contributed by atoms with Gasteiger partial charge in [-0.25, -0.2) is 13.8 Å². The quantitative estimate of drug-likeness (QED) is 0.772. The average molecular weight is 410 g/mol. The highest BCUT2D eigenvalue weighted by atomic mass is 19.4. The summed E-state index contributed by atoms with van der Waals surface area (Å²) in [6.07, 6.45) is -3.97. The zero-order valence-electron chi connectivity index (χ0n) is 15.1. The predicted octanol–water partition coefficient (Wildman–Crippen LogP) is 4.17. The largest absolute Gasteiger partial charge is 0.417 e. The number of benzene rings is 1. The first-order valence-electron chi connectivity index (χ1n) is 8.63. The molecule has 1 aromatic heterocycles. The summed E-state index contributed by atoms with van der Waals surface area (Å²) in [5.74, 6) is -3.06. The van der Waals surface area contributed by atoms with Gasteiger partial charge in [-0.05, 0) is 38.0 Å². The van der Waals surface area contributed by atoms with Crippen molar-refractivity contribution in [1.29, 1.82) is 5.26 Å². The highest BCUT2D eigenvalue weighted by molar-refractivity contribution is 5.97. The molecule has 0 radical (unpaired) electrons. The van der Waals surface area contributed by atoms with Crippen molar-refractivity contribution in [3.63, 3.8) is 0 Å². The number of aromatic nitrogens is 1. The number of amides is 1. The second-order valence-corrected chi connectivity index (χ2v) is 6.59. The van der Waals surface area contributed by atoms with Crippen molar-refractivity contribution in [2.24, 2.45) is 0 Å². The zero-order valence-corrected chi connectivity index (χ0v) is 15.1. The number of halogens is 5. The molecule has 10 heteroatoms. The number of pyridine rings is 1. The summed E-state index contributed by atoms with van der Waals surface area (Å²) in [4.78, 5) is 18.1. The molecule has 1 aliphatic heterocycles. The lowest BCUT2D eigenvalue weighted by Gasteiger charge is -2.27.